The number of halogens is 4. The molecule has 4 aromatic carbocycles. The highest BCUT2D eigenvalue weighted by Gasteiger charge is 2.51. The highest BCUT2D eigenvalue weighted by Crippen LogP contribution is 2.33. The van der Waals surface area contributed by atoms with Crippen molar-refractivity contribution in [2.24, 2.45) is 0 Å². The predicted molar refractivity (Wildman–Crippen MR) is 175 cm³/mol. The van der Waals surface area contributed by atoms with Gasteiger partial charge >= 0.3 is 12.2 Å². The van der Waals surface area contributed by atoms with E-state index in [1.165, 1.54) is 46.2 Å². The third kappa shape index (κ3) is 7.73. The Morgan fingerprint density at radius 1 is 0.840 bits per heavy atom. The molecule has 4 aromatic rings. The number of hydrazine groups is 1. The Labute approximate surface area is 286 Å². The molecule has 260 valence electrons. The summed E-state index contributed by atoms with van der Waals surface area (Å²) in [6.45, 7) is -0.369. The molecule has 2 aliphatic rings. The van der Waals surface area contributed by atoms with E-state index in [4.69, 9.17) is 4.74 Å². The molecule has 0 spiro atoms. The Bertz CT molecular complexity index is 1820. The summed E-state index contributed by atoms with van der Waals surface area (Å²) in [5.74, 6) is -0.710. The molecular formula is C37H35F4N5O4. The minimum Gasteiger partial charge on any atom is -0.497 e. The smallest absolute Gasteiger partial charge is 0.416 e. The zero-order valence-electron chi connectivity index (χ0n) is 27.1. The highest BCUT2D eigenvalue weighted by atomic mass is 19.4. The number of carbonyl (C=O) groups is 3. The van der Waals surface area contributed by atoms with Crippen LogP contribution in [-0.2, 0) is 41.8 Å². The van der Waals surface area contributed by atoms with Crippen LogP contribution in [0.2, 0.25) is 0 Å². The van der Waals surface area contributed by atoms with Crippen LogP contribution in [0.1, 0.15) is 27.8 Å². The van der Waals surface area contributed by atoms with Crippen LogP contribution in [0, 0.1) is 5.82 Å². The van der Waals surface area contributed by atoms with Gasteiger partial charge in [-0.15, -0.1) is 0 Å². The molecule has 2 saturated heterocycles. The number of carbonyl (C=O) groups excluding carboxylic acids is 3. The number of urea groups is 1. The average molecular weight is 690 g/mol. The van der Waals surface area contributed by atoms with Crippen molar-refractivity contribution in [2.45, 2.75) is 44.4 Å². The molecule has 2 fully saturated rings. The molecule has 0 aromatic heterocycles. The monoisotopic (exact) mass is 689 g/mol. The number of alkyl halides is 3. The average Bonchev–Trinajstić information content (AvgIpc) is 3.10. The van der Waals surface area contributed by atoms with Gasteiger partial charge in [0.05, 0.1) is 25.8 Å². The topological polar surface area (TPSA) is 85.4 Å². The molecule has 9 nitrogen and oxygen atoms in total. The highest BCUT2D eigenvalue weighted by molar-refractivity contribution is 5.91. The summed E-state index contributed by atoms with van der Waals surface area (Å²) in [4.78, 5) is 45.3. The largest absolute Gasteiger partial charge is 0.497 e. The molecular weight excluding hydrogens is 654 g/mol. The fourth-order valence-electron chi connectivity index (χ4n) is 6.38. The number of piperazine rings is 1. The van der Waals surface area contributed by atoms with Gasteiger partial charge in [0.15, 0.2) is 0 Å². The van der Waals surface area contributed by atoms with Crippen molar-refractivity contribution < 1.29 is 36.7 Å². The van der Waals surface area contributed by atoms with Crippen LogP contribution in [0.15, 0.2) is 103 Å². The summed E-state index contributed by atoms with van der Waals surface area (Å²) in [5.41, 5.74) is 1.58. The third-order valence-corrected chi connectivity index (χ3v) is 8.82. The fourth-order valence-corrected chi connectivity index (χ4v) is 6.38. The molecule has 0 radical (unpaired) electrons. The third-order valence-electron chi connectivity index (χ3n) is 8.82. The van der Waals surface area contributed by atoms with Gasteiger partial charge in [-0.1, -0.05) is 66.7 Å². The molecule has 1 N–H and O–H groups in total. The Hall–Kier alpha value is -5.43. The number of benzene rings is 4. The zero-order chi connectivity index (χ0) is 35.4. The maximum Gasteiger partial charge on any atom is 0.416 e. The zero-order valence-corrected chi connectivity index (χ0v) is 27.1. The standard InChI is InChI=1S/C37H35F4N5O4/c1-50-31-16-12-25(13-17-31)19-32-35(48)43(21-28-8-5-9-29(18-28)37(39,40)41)23-33-45(32)34(47)24-44(22-27-10-14-30(38)15-11-27)46(33)36(49)42-20-26-6-3-2-4-7-26/h2-18,32-33H,19-24H2,1H3,(H,42,49)/t32-,33-/m0/s1. The lowest BCUT2D eigenvalue weighted by atomic mass is 9.98. The second kappa shape index (κ2) is 14.6. The van der Waals surface area contributed by atoms with Crippen molar-refractivity contribution in [1.29, 1.82) is 0 Å². The number of fused-ring (bicyclic) bond motifs is 1. The molecule has 50 heavy (non-hydrogen) atoms. The number of nitrogens with zero attached hydrogens (tertiary/aromatic N) is 4. The lowest BCUT2D eigenvalue weighted by molar-refractivity contribution is -0.192. The van der Waals surface area contributed by atoms with Gasteiger partial charge in [0.2, 0.25) is 11.8 Å². The predicted octanol–water partition coefficient (Wildman–Crippen LogP) is 5.60. The van der Waals surface area contributed by atoms with Crippen molar-refractivity contribution in [1.82, 2.24) is 25.1 Å². The van der Waals surface area contributed by atoms with Crippen LogP contribution in [0.25, 0.3) is 0 Å². The van der Waals surface area contributed by atoms with Gasteiger partial charge in [-0.25, -0.2) is 19.2 Å². The van der Waals surface area contributed by atoms with Gasteiger partial charge in [0, 0.05) is 26.1 Å². The maximum absolute atomic E-state index is 14.2. The molecule has 0 unspecified atom stereocenters. The van der Waals surface area contributed by atoms with Crippen LogP contribution in [-0.4, -0.2) is 70.1 Å². The van der Waals surface area contributed by atoms with E-state index in [1.54, 1.807) is 41.4 Å². The summed E-state index contributed by atoms with van der Waals surface area (Å²) in [7, 11) is 1.53. The second-order valence-electron chi connectivity index (χ2n) is 12.2. The number of methoxy groups -OCH3 is 1. The first-order valence-electron chi connectivity index (χ1n) is 16.0. The maximum atomic E-state index is 14.2. The first kappa shape index (κ1) is 34.4. The summed E-state index contributed by atoms with van der Waals surface area (Å²) < 4.78 is 59.9. The van der Waals surface area contributed by atoms with Gasteiger partial charge in [-0.05, 0) is 58.7 Å². The van der Waals surface area contributed by atoms with E-state index in [0.29, 0.717) is 16.9 Å². The molecule has 0 aliphatic carbocycles. The van der Waals surface area contributed by atoms with E-state index >= 15 is 0 Å². The van der Waals surface area contributed by atoms with Crippen molar-refractivity contribution in [3.63, 3.8) is 0 Å². The normalized spacial score (nSPS) is 18.2. The van der Waals surface area contributed by atoms with Crippen LogP contribution in [0.5, 0.6) is 5.75 Å². The fraction of sp³-hybridized carbons (Fsp3) is 0.270. The quantitative estimate of drug-likeness (QED) is 0.231. The lowest BCUT2D eigenvalue weighted by Gasteiger charge is -2.55. The number of ether oxygens (including phenoxy) is 1. The van der Waals surface area contributed by atoms with E-state index in [0.717, 1.165) is 17.7 Å². The van der Waals surface area contributed by atoms with E-state index < -0.39 is 47.6 Å². The molecule has 0 bridgehead atoms. The SMILES string of the molecule is COc1ccc(C[C@H]2C(=O)N(Cc3cccc(C(F)(F)F)c3)C[C@H]3N2C(=O)CN(Cc2ccc(F)cc2)N3C(=O)NCc2ccccc2)cc1. The van der Waals surface area contributed by atoms with E-state index in [9.17, 15) is 31.9 Å². The summed E-state index contributed by atoms with van der Waals surface area (Å²) in [6, 6.07) is 25.0. The van der Waals surface area contributed by atoms with Gasteiger partial charge in [0.1, 0.15) is 23.8 Å². The van der Waals surface area contributed by atoms with Gasteiger partial charge in [0.25, 0.3) is 0 Å². The second-order valence-corrected chi connectivity index (χ2v) is 12.2. The molecule has 13 heteroatoms. The first-order chi connectivity index (χ1) is 24.0. The molecule has 6 rings (SSSR count). The molecule has 2 atom stereocenters. The van der Waals surface area contributed by atoms with Crippen LogP contribution in [0.4, 0.5) is 22.4 Å². The van der Waals surface area contributed by atoms with Gasteiger partial charge in [-0.3, -0.25) is 9.59 Å². The molecule has 0 saturated carbocycles. The van der Waals surface area contributed by atoms with Gasteiger partial charge < -0.3 is 19.9 Å². The van der Waals surface area contributed by atoms with Crippen molar-refractivity contribution in [3.05, 3.63) is 137 Å². The summed E-state index contributed by atoms with van der Waals surface area (Å²) in [5, 5.41) is 5.88. The number of nitrogens with one attached hydrogen (secondary N) is 1. The van der Waals surface area contributed by atoms with E-state index in [2.05, 4.69) is 5.32 Å². The minimum atomic E-state index is -4.58. The minimum absolute atomic E-state index is 0.0693. The van der Waals surface area contributed by atoms with Crippen LogP contribution < -0.4 is 10.1 Å². The Balaban J connectivity index is 1.38. The van der Waals surface area contributed by atoms with E-state index in [-0.39, 0.29) is 44.7 Å². The van der Waals surface area contributed by atoms with Crippen LogP contribution in [0.3, 0.4) is 0 Å². The lowest BCUT2D eigenvalue weighted by Crippen LogP contribution is -2.76. The first-order valence-corrected chi connectivity index (χ1v) is 16.0. The van der Waals surface area contributed by atoms with Crippen LogP contribution >= 0.6 is 0 Å². The number of rotatable bonds is 9. The molecule has 2 heterocycles. The Morgan fingerprint density at radius 2 is 1.52 bits per heavy atom. The molecule has 2 aliphatic heterocycles. The van der Waals surface area contributed by atoms with Crippen molar-refractivity contribution in [2.75, 3.05) is 20.2 Å². The van der Waals surface area contributed by atoms with Crippen molar-refractivity contribution in [3.8, 4) is 5.75 Å². The Kier molecular flexibility index (Phi) is 10.0. The number of hydrogen-bond acceptors (Lipinski definition) is 5. The van der Waals surface area contributed by atoms with E-state index in [1.807, 2.05) is 30.3 Å². The number of amides is 4. The Morgan fingerprint density at radius 3 is 2.20 bits per heavy atom. The number of hydrogen-bond donors (Lipinski definition) is 1. The van der Waals surface area contributed by atoms with Gasteiger partial charge in [-0.2, -0.15) is 13.2 Å². The summed E-state index contributed by atoms with van der Waals surface area (Å²) >= 11 is 0. The summed E-state index contributed by atoms with van der Waals surface area (Å²) in [6.07, 6.45) is -5.51. The van der Waals surface area contributed by atoms with Crippen molar-refractivity contribution >= 4 is 17.8 Å². The molecule has 4 amide bonds.